The quantitative estimate of drug-likeness (QED) is 0.621. The molecule has 0 saturated carbocycles. The van der Waals surface area contributed by atoms with Crippen molar-refractivity contribution in [2.24, 2.45) is 0 Å². The number of quaternary nitrogens is 1. The van der Waals surface area contributed by atoms with Crippen molar-refractivity contribution in [1.82, 2.24) is 9.78 Å². The Morgan fingerprint density at radius 1 is 1.32 bits per heavy atom. The van der Waals surface area contributed by atoms with Gasteiger partial charge in [-0.15, -0.1) is 0 Å². The van der Waals surface area contributed by atoms with Crippen molar-refractivity contribution in [3.8, 4) is 5.75 Å². The van der Waals surface area contributed by atoms with Gasteiger partial charge in [-0.25, -0.2) is 5.21 Å². The molecule has 3 aromatic rings. The summed E-state index contributed by atoms with van der Waals surface area (Å²) in [6.07, 6.45) is 0. The van der Waals surface area contributed by atoms with E-state index in [4.69, 9.17) is 9.94 Å². The lowest BCUT2D eigenvalue weighted by Crippen LogP contribution is -2.99. The van der Waals surface area contributed by atoms with Crippen molar-refractivity contribution in [3.05, 3.63) is 63.6 Å². The largest absolute Gasteiger partial charge is 0.595 e. The fourth-order valence-corrected chi connectivity index (χ4v) is 2.46. The topological polar surface area (TPSA) is 94.8 Å². The maximum atomic E-state index is 12.0. The molecule has 0 radical (unpaired) electrons. The molecular formula is C15H15N3O4. The molecule has 7 heteroatoms. The highest BCUT2D eigenvalue weighted by atomic mass is 16.8. The van der Waals surface area contributed by atoms with E-state index in [2.05, 4.69) is 5.10 Å². The maximum absolute atomic E-state index is 12.0. The monoisotopic (exact) mass is 301 g/mol. The molecule has 1 unspecified atom stereocenters. The van der Waals surface area contributed by atoms with Crippen molar-refractivity contribution in [3.63, 3.8) is 0 Å². The molecule has 0 aliphatic carbocycles. The van der Waals surface area contributed by atoms with Crippen LogP contribution in [-0.2, 0) is 6.54 Å². The predicted molar refractivity (Wildman–Crippen MR) is 80.4 cm³/mol. The van der Waals surface area contributed by atoms with E-state index in [-0.39, 0.29) is 11.2 Å². The van der Waals surface area contributed by atoms with E-state index in [0.29, 0.717) is 17.4 Å². The number of aromatic nitrogens is 2. The molecule has 0 saturated heterocycles. The molecule has 114 valence electrons. The number of ether oxygens (including phenoxy) is 1. The van der Waals surface area contributed by atoms with Gasteiger partial charge in [-0.1, -0.05) is 18.2 Å². The van der Waals surface area contributed by atoms with Gasteiger partial charge >= 0.3 is 0 Å². The second-order valence-electron chi connectivity index (χ2n) is 4.88. The molecular weight excluding hydrogens is 286 g/mol. The summed E-state index contributed by atoms with van der Waals surface area (Å²) in [6.45, 7) is 0.426. The van der Waals surface area contributed by atoms with Crippen molar-refractivity contribution in [2.45, 2.75) is 6.54 Å². The number of fused-ring (bicyclic) bond motifs is 1. The van der Waals surface area contributed by atoms with Crippen LogP contribution >= 0.6 is 0 Å². The SMILES string of the molecule is COc1ccccc1Cn1[nH]c(=O)c2cc([NH+]([O-])O)ccc21. The van der Waals surface area contributed by atoms with E-state index < -0.39 is 5.23 Å². The fraction of sp³-hybridized carbons (Fsp3) is 0.133. The number of hydrogen-bond acceptors (Lipinski definition) is 4. The number of nitrogens with zero attached hydrogens (tertiary/aromatic N) is 1. The first-order valence-electron chi connectivity index (χ1n) is 6.68. The van der Waals surface area contributed by atoms with Crippen molar-refractivity contribution in [1.29, 1.82) is 0 Å². The lowest BCUT2D eigenvalue weighted by atomic mass is 10.2. The van der Waals surface area contributed by atoms with Crippen LogP contribution in [0.3, 0.4) is 0 Å². The van der Waals surface area contributed by atoms with Crippen LogP contribution in [-0.4, -0.2) is 22.1 Å². The molecule has 1 aromatic heterocycles. The average molecular weight is 301 g/mol. The van der Waals surface area contributed by atoms with Gasteiger partial charge in [-0.3, -0.25) is 14.6 Å². The number of nitrogens with one attached hydrogen (secondary N) is 2. The van der Waals surface area contributed by atoms with Crippen molar-refractivity contribution < 1.29 is 15.2 Å². The van der Waals surface area contributed by atoms with Crippen LogP contribution in [0, 0.1) is 5.21 Å². The zero-order chi connectivity index (χ0) is 15.7. The zero-order valence-corrected chi connectivity index (χ0v) is 11.9. The van der Waals surface area contributed by atoms with Gasteiger partial charge in [0.1, 0.15) is 5.75 Å². The highest BCUT2D eigenvalue weighted by molar-refractivity contribution is 5.81. The third kappa shape index (κ3) is 2.48. The predicted octanol–water partition coefficient (Wildman–Crippen LogP) is 0.790. The molecule has 3 N–H and O–H groups in total. The molecule has 2 aromatic carbocycles. The number of H-pyrrole nitrogens is 1. The Hall–Kier alpha value is -2.61. The Bertz CT molecular complexity index is 867. The second-order valence-corrected chi connectivity index (χ2v) is 4.88. The van der Waals surface area contributed by atoms with E-state index in [1.165, 1.54) is 12.1 Å². The average Bonchev–Trinajstić information content (AvgIpc) is 2.83. The standard InChI is InChI=1S/C15H15N3O4/c1-22-14-5-3-2-4-10(14)9-17-13-7-6-11(18(20)21)8-12(13)15(19)16-17/h2-8,18,20H,9H2,1H3,(H,16,19). The Morgan fingerprint density at radius 2 is 2.09 bits per heavy atom. The van der Waals surface area contributed by atoms with Gasteiger partial charge in [-0.2, -0.15) is 5.23 Å². The summed E-state index contributed by atoms with van der Waals surface area (Å²) in [7, 11) is 1.59. The Kier molecular flexibility index (Phi) is 3.68. The normalized spacial score (nSPS) is 12.5. The molecule has 1 heterocycles. The Balaban J connectivity index is 2.07. The van der Waals surface area contributed by atoms with E-state index in [9.17, 15) is 10.0 Å². The number of para-hydroxylation sites is 1. The molecule has 7 nitrogen and oxygen atoms in total. The van der Waals surface area contributed by atoms with Crippen LogP contribution in [0.2, 0.25) is 0 Å². The second kappa shape index (κ2) is 5.64. The van der Waals surface area contributed by atoms with Gasteiger partial charge in [0.25, 0.3) is 5.56 Å². The molecule has 0 aliphatic rings. The molecule has 0 fully saturated rings. The van der Waals surface area contributed by atoms with Crippen LogP contribution in [0.5, 0.6) is 5.75 Å². The summed E-state index contributed by atoms with van der Waals surface area (Å²) in [6, 6.07) is 12.0. The first-order chi connectivity index (χ1) is 10.6. The van der Waals surface area contributed by atoms with E-state index in [1.54, 1.807) is 17.9 Å². The summed E-state index contributed by atoms with van der Waals surface area (Å²) >= 11 is 0. The summed E-state index contributed by atoms with van der Waals surface area (Å²) in [5.41, 5.74) is 1.35. The fourth-order valence-electron chi connectivity index (χ4n) is 2.46. The van der Waals surface area contributed by atoms with Gasteiger partial charge in [0, 0.05) is 17.7 Å². The van der Waals surface area contributed by atoms with E-state index in [0.717, 1.165) is 11.3 Å². The van der Waals surface area contributed by atoms with E-state index in [1.807, 2.05) is 24.3 Å². The summed E-state index contributed by atoms with van der Waals surface area (Å²) < 4.78 is 6.99. The minimum atomic E-state index is -1.06. The number of methoxy groups -OCH3 is 1. The first-order valence-corrected chi connectivity index (χ1v) is 6.68. The van der Waals surface area contributed by atoms with Crippen LogP contribution in [0.25, 0.3) is 10.9 Å². The molecule has 3 rings (SSSR count). The highest BCUT2D eigenvalue weighted by Crippen LogP contribution is 2.20. The molecule has 0 amide bonds. The minimum Gasteiger partial charge on any atom is -0.595 e. The summed E-state index contributed by atoms with van der Waals surface area (Å²) in [5, 5.41) is 22.0. The van der Waals surface area contributed by atoms with Gasteiger partial charge in [-0.05, 0) is 12.1 Å². The van der Waals surface area contributed by atoms with Gasteiger partial charge in [0.05, 0.1) is 24.6 Å². The molecule has 0 bridgehead atoms. The third-order valence-electron chi connectivity index (χ3n) is 3.54. The molecule has 1 atom stereocenters. The van der Waals surface area contributed by atoms with Crippen molar-refractivity contribution in [2.75, 3.05) is 7.11 Å². The molecule has 0 spiro atoms. The summed E-state index contributed by atoms with van der Waals surface area (Å²) in [4.78, 5) is 12.0. The Morgan fingerprint density at radius 3 is 2.82 bits per heavy atom. The maximum Gasteiger partial charge on any atom is 0.272 e. The number of hydrogen-bond donors (Lipinski definition) is 3. The number of benzene rings is 2. The molecule has 0 aliphatic heterocycles. The third-order valence-corrected chi connectivity index (χ3v) is 3.54. The zero-order valence-electron chi connectivity index (χ0n) is 11.9. The van der Waals surface area contributed by atoms with Gasteiger partial charge in [0.15, 0.2) is 5.69 Å². The first kappa shape index (κ1) is 14.3. The van der Waals surface area contributed by atoms with Crippen LogP contribution in [0.15, 0.2) is 47.3 Å². The van der Waals surface area contributed by atoms with Crippen LogP contribution < -0.4 is 15.5 Å². The Labute approximate surface area is 125 Å². The summed E-state index contributed by atoms with van der Waals surface area (Å²) in [5.74, 6) is 0.729. The van der Waals surface area contributed by atoms with Crippen LogP contribution in [0.4, 0.5) is 5.69 Å². The van der Waals surface area contributed by atoms with Crippen molar-refractivity contribution >= 4 is 16.6 Å². The minimum absolute atomic E-state index is 0.0908. The number of rotatable bonds is 4. The smallest absolute Gasteiger partial charge is 0.272 e. The molecule has 22 heavy (non-hydrogen) atoms. The van der Waals surface area contributed by atoms with E-state index >= 15 is 0 Å². The number of aromatic amines is 1. The lowest BCUT2D eigenvalue weighted by molar-refractivity contribution is -0.991. The highest BCUT2D eigenvalue weighted by Gasteiger charge is 2.11. The van der Waals surface area contributed by atoms with Gasteiger partial charge in [0.2, 0.25) is 0 Å². The van der Waals surface area contributed by atoms with Crippen LogP contribution in [0.1, 0.15) is 5.56 Å². The van der Waals surface area contributed by atoms with Gasteiger partial charge < -0.3 is 9.94 Å². The lowest BCUT2D eigenvalue weighted by Gasteiger charge is -2.12.